The molecule has 0 radical (unpaired) electrons. The van der Waals surface area contributed by atoms with Gasteiger partial charge in [-0.1, -0.05) is 44.4 Å². The van der Waals surface area contributed by atoms with Gasteiger partial charge in [0.2, 0.25) is 11.5 Å². The van der Waals surface area contributed by atoms with Gasteiger partial charge in [0.1, 0.15) is 17.4 Å². The van der Waals surface area contributed by atoms with Crippen molar-refractivity contribution in [2.45, 2.75) is 77.2 Å². The molecule has 1 aliphatic rings. The van der Waals surface area contributed by atoms with E-state index in [1.807, 2.05) is 12.1 Å². The third kappa shape index (κ3) is 7.77. The number of carboxylic acids is 1. The Bertz CT molecular complexity index is 1040. The Kier molecular flexibility index (Phi) is 9.85. The average Bonchev–Trinajstić information content (AvgIpc) is 2.85. The Labute approximate surface area is 212 Å². The van der Waals surface area contributed by atoms with Gasteiger partial charge in [-0.25, -0.2) is 13.6 Å². The molecule has 196 valence electrons. The lowest BCUT2D eigenvalue weighted by molar-refractivity contribution is -0.154. The highest BCUT2D eigenvalue weighted by Crippen LogP contribution is 2.27. The van der Waals surface area contributed by atoms with Crippen molar-refractivity contribution < 1.29 is 28.2 Å². The van der Waals surface area contributed by atoms with Gasteiger partial charge in [0.05, 0.1) is 0 Å². The Morgan fingerprint density at radius 2 is 1.78 bits per heavy atom. The first-order chi connectivity index (χ1) is 17.2. The Morgan fingerprint density at radius 1 is 1.06 bits per heavy atom. The van der Waals surface area contributed by atoms with E-state index in [1.165, 1.54) is 18.6 Å². The van der Waals surface area contributed by atoms with Crippen LogP contribution in [0.4, 0.5) is 8.78 Å². The molecule has 0 bridgehead atoms. The van der Waals surface area contributed by atoms with Crippen molar-refractivity contribution in [3.63, 3.8) is 0 Å². The minimum absolute atomic E-state index is 0.0567. The Morgan fingerprint density at radius 3 is 2.44 bits per heavy atom. The third-order valence-corrected chi connectivity index (χ3v) is 7.25. The van der Waals surface area contributed by atoms with Crippen molar-refractivity contribution in [1.29, 1.82) is 0 Å². The molecule has 1 fully saturated rings. The molecule has 2 aromatic rings. The quantitative estimate of drug-likeness (QED) is 0.377. The first-order valence-corrected chi connectivity index (χ1v) is 12.9. The summed E-state index contributed by atoms with van der Waals surface area (Å²) in [5, 5.41) is 9.51. The first kappa shape index (κ1) is 27.6. The van der Waals surface area contributed by atoms with Crippen LogP contribution in [0.2, 0.25) is 0 Å². The first-order valence-electron chi connectivity index (χ1n) is 12.9. The number of carboxylic acid groups (broad SMARTS) is 1. The Balaban J connectivity index is 1.69. The van der Waals surface area contributed by atoms with Crippen molar-refractivity contribution in [3.8, 4) is 5.75 Å². The van der Waals surface area contributed by atoms with Gasteiger partial charge < -0.3 is 14.7 Å². The maximum Gasteiger partial charge on any atom is 0.347 e. The fraction of sp³-hybridized carbons (Fsp3) is 0.517. The number of benzene rings is 2. The fourth-order valence-corrected chi connectivity index (χ4v) is 4.66. The normalized spacial score (nSPS) is 15.8. The molecule has 0 heterocycles. The number of halogens is 2. The lowest BCUT2D eigenvalue weighted by Crippen LogP contribution is -2.40. The molecule has 5 nitrogen and oxygen atoms in total. The second kappa shape index (κ2) is 12.8. The molecule has 2 aromatic carbocycles. The van der Waals surface area contributed by atoms with Crippen LogP contribution in [-0.2, 0) is 22.4 Å². The number of carbonyl (C=O) groups excluding carboxylic acids is 1. The predicted octanol–water partition coefficient (Wildman–Crippen LogP) is 6.18. The molecule has 1 saturated carbocycles. The zero-order valence-corrected chi connectivity index (χ0v) is 21.3. The minimum Gasteiger partial charge on any atom is -0.478 e. The Hall–Kier alpha value is -2.96. The molecule has 36 heavy (non-hydrogen) atoms. The van der Waals surface area contributed by atoms with Crippen LogP contribution < -0.4 is 4.74 Å². The summed E-state index contributed by atoms with van der Waals surface area (Å²) in [6.45, 7) is 4.10. The molecule has 1 atom stereocenters. The highest BCUT2D eigenvalue weighted by molar-refractivity contribution is 5.77. The summed E-state index contributed by atoms with van der Waals surface area (Å²) in [5.74, 6) is -1.34. The monoisotopic (exact) mass is 501 g/mol. The molecule has 1 aliphatic carbocycles. The highest BCUT2D eigenvalue weighted by atomic mass is 19.1. The smallest absolute Gasteiger partial charge is 0.347 e. The van der Waals surface area contributed by atoms with Crippen LogP contribution in [0, 0.1) is 17.6 Å². The average molecular weight is 502 g/mol. The maximum atomic E-state index is 14.2. The van der Waals surface area contributed by atoms with E-state index >= 15 is 0 Å². The van der Waals surface area contributed by atoms with E-state index in [-0.39, 0.29) is 5.91 Å². The summed E-state index contributed by atoms with van der Waals surface area (Å²) in [7, 11) is 0. The molecule has 1 unspecified atom stereocenters. The summed E-state index contributed by atoms with van der Waals surface area (Å²) in [6, 6.07) is 10.8. The van der Waals surface area contributed by atoms with Crippen LogP contribution in [0.5, 0.6) is 5.75 Å². The number of amides is 1. The number of carbonyl (C=O) groups is 2. The zero-order chi connectivity index (χ0) is 26.1. The molecule has 0 aromatic heterocycles. The second-order valence-electron chi connectivity index (χ2n) is 9.96. The van der Waals surface area contributed by atoms with E-state index in [0.29, 0.717) is 56.0 Å². The van der Waals surface area contributed by atoms with Crippen molar-refractivity contribution in [2.24, 2.45) is 5.92 Å². The summed E-state index contributed by atoms with van der Waals surface area (Å²) >= 11 is 0. The topological polar surface area (TPSA) is 66.8 Å². The van der Waals surface area contributed by atoms with Gasteiger partial charge in [0, 0.05) is 25.6 Å². The number of hydrogen-bond acceptors (Lipinski definition) is 3. The number of rotatable bonds is 12. The van der Waals surface area contributed by atoms with Gasteiger partial charge in [-0.3, -0.25) is 4.79 Å². The maximum absolute atomic E-state index is 14.2. The number of ether oxygens (including phenoxy) is 1. The van der Waals surface area contributed by atoms with E-state index < -0.39 is 23.2 Å². The predicted molar refractivity (Wildman–Crippen MR) is 135 cm³/mol. The summed E-state index contributed by atoms with van der Waals surface area (Å²) in [4.78, 5) is 26.6. The van der Waals surface area contributed by atoms with Gasteiger partial charge in [0.25, 0.3) is 0 Å². The van der Waals surface area contributed by atoms with Crippen LogP contribution in [-0.4, -0.2) is 40.6 Å². The van der Waals surface area contributed by atoms with E-state index in [0.717, 1.165) is 37.3 Å². The molecule has 0 aliphatic heterocycles. The SMILES string of the molecule is CCC(C)(Oc1cccc(CCN(CCc2ccc(F)cc2F)C(=O)CC2CCCCC2)c1)C(=O)O. The van der Waals surface area contributed by atoms with E-state index in [2.05, 4.69) is 0 Å². The van der Waals surface area contributed by atoms with Gasteiger partial charge in [-0.2, -0.15) is 0 Å². The molecule has 1 amide bonds. The largest absolute Gasteiger partial charge is 0.478 e. The fourth-order valence-electron chi connectivity index (χ4n) is 4.66. The molecule has 0 spiro atoms. The van der Waals surface area contributed by atoms with E-state index in [4.69, 9.17) is 4.74 Å². The molecule has 3 rings (SSSR count). The summed E-state index contributed by atoms with van der Waals surface area (Å²) < 4.78 is 33.3. The molecular formula is C29H37F2NO4. The van der Waals surface area contributed by atoms with Crippen LogP contribution in [0.25, 0.3) is 0 Å². The lowest BCUT2D eigenvalue weighted by Gasteiger charge is -2.27. The van der Waals surface area contributed by atoms with Gasteiger partial charge >= 0.3 is 5.97 Å². The third-order valence-electron chi connectivity index (χ3n) is 7.25. The number of nitrogens with zero attached hydrogens (tertiary/aromatic N) is 1. The number of aliphatic carboxylic acids is 1. The van der Waals surface area contributed by atoms with Gasteiger partial charge in [-0.05, 0) is 74.3 Å². The van der Waals surface area contributed by atoms with Crippen molar-refractivity contribution in [2.75, 3.05) is 13.1 Å². The van der Waals surface area contributed by atoms with Crippen LogP contribution in [0.1, 0.15) is 69.9 Å². The summed E-state index contributed by atoms with van der Waals surface area (Å²) in [5.41, 5.74) is -0.0191. The van der Waals surface area contributed by atoms with Crippen LogP contribution >= 0.6 is 0 Å². The zero-order valence-electron chi connectivity index (χ0n) is 21.3. The van der Waals surface area contributed by atoms with Gasteiger partial charge in [-0.15, -0.1) is 0 Å². The minimum atomic E-state index is -1.32. The van der Waals surface area contributed by atoms with Crippen LogP contribution in [0.15, 0.2) is 42.5 Å². The molecular weight excluding hydrogens is 464 g/mol. The molecule has 1 N–H and O–H groups in total. The second-order valence-corrected chi connectivity index (χ2v) is 9.96. The van der Waals surface area contributed by atoms with Crippen molar-refractivity contribution in [1.82, 2.24) is 4.90 Å². The van der Waals surface area contributed by atoms with Crippen molar-refractivity contribution >= 4 is 11.9 Å². The van der Waals surface area contributed by atoms with E-state index in [1.54, 1.807) is 30.9 Å². The van der Waals surface area contributed by atoms with Crippen LogP contribution in [0.3, 0.4) is 0 Å². The lowest BCUT2D eigenvalue weighted by atomic mass is 9.86. The van der Waals surface area contributed by atoms with Crippen molar-refractivity contribution in [3.05, 3.63) is 65.2 Å². The van der Waals surface area contributed by atoms with E-state index in [9.17, 15) is 23.5 Å². The summed E-state index contributed by atoms with van der Waals surface area (Å²) in [6.07, 6.45) is 7.30. The van der Waals surface area contributed by atoms with Gasteiger partial charge in [0.15, 0.2) is 0 Å². The molecule has 0 saturated heterocycles. The molecule has 7 heteroatoms. The number of hydrogen-bond donors (Lipinski definition) is 1. The highest BCUT2D eigenvalue weighted by Gasteiger charge is 2.33. The standard InChI is InChI=1S/C29H37F2NO4/c1-3-29(2,28(34)35)36-25-11-7-10-22(18-25)14-16-32(27(33)19-21-8-5-4-6-9-21)17-15-23-12-13-24(30)20-26(23)31/h7,10-13,18,20-21H,3-6,8-9,14-17,19H2,1-2H3,(H,34,35).